The van der Waals surface area contributed by atoms with Crippen molar-refractivity contribution < 1.29 is 18.8 Å². The Hall–Kier alpha value is -1.43. The normalized spacial score (nSPS) is 10.5. The summed E-state index contributed by atoms with van der Waals surface area (Å²) in [5.41, 5.74) is 0.623. The highest BCUT2D eigenvalue weighted by Gasteiger charge is 2.20. The molecule has 18 heavy (non-hydrogen) atoms. The second-order valence-corrected chi connectivity index (χ2v) is 4.17. The minimum atomic E-state index is -1.88. The van der Waals surface area contributed by atoms with Gasteiger partial charge in [-0.05, 0) is 40.9 Å². The van der Waals surface area contributed by atoms with Crippen LogP contribution < -0.4 is 5.46 Å². The Balaban J connectivity index is 2.62. The first-order valence-electron chi connectivity index (χ1n) is 5.10. The SMILES string of the molecule is OB(O)c1cc(F)c(F)cc1-c1ccc(Cl)cc1. The molecule has 2 nitrogen and oxygen atoms in total. The summed E-state index contributed by atoms with van der Waals surface area (Å²) in [5, 5.41) is 18.8. The van der Waals surface area contributed by atoms with Crippen LogP contribution in [-0.2, 0) is 0 Å². The largest absolute Gasteiger partial charge is 0.489 e. The first-order chi connectivity index (χ1) is 8.49. The highest BCUT2D eigenvalue weighted by molar-refractivity contribution is 6.60. The van der Waals surface area contributed by atoms with E-state index in [1.807, 2.05) is 0 Å². The van der Waals surface area contributed by atoms with Gasteiger partial charge in [0.25, 0.3) is 0 Å². The van der Waals surface area contributed by atoms with Gasteiger partial charge in [0.05, 0.1) is 0 Å². The van der Waals surface area contributed by atoms with Gasteiger partial charge < -0.3 is 10.0 Å². The minimum Gasteiger partial charge on any atom is -0.423 e. The van der Waals surface area contributed by atoms with Gasteiger partial charge in [0.15, 0.2) is 11.6 Å². The van der Waals surface area contributed by atoms with Crippen molar-refractivity contribution in [2.45, 2.75) is 0 Å². The average molecular weight is 268 g/mol. The van der Waals surface area contributed by atoms with E-state index in [1.54, 1.807) is 24.3 Å². The predicted molar refractivity (Wildman–Crippen MR) is 66.6 cm³/mol. The third-order valence-corrected chi connectivity index (χ3v) is 2.78. The molecule has 0 bridgehead atoms. The smallest absolute Gasteiger partial charge is 0.423 e. The number of rotatable bonds is 2. The maximum absolute atomic E-state index is 13.2. The fraction of sp³-hybridized carbons (Fsp3) is 0. The van der Waals surface area contributed by atoms with Gasteiger partial charge in [-0.2, -0.15) is 0 Å². The van der Waals surface area contributed by atoms with Crippen molar-refractivity contribution >= 4 is 24.2 Å². The highest BCUT2D eigenvalue weighted by Crippen LogP contribution is 2.22. The summed E-state index contributed by atoms with van der Waals surface area (Å²) in [6, 6.07) is 8.01. The molecule has 0 unspecified atom stereocenters. The molecule has 2 rings (SSSR count). The Morgan fingerprint density at radius 1 is 0.944 bits per heavy atom. The second-order valence-electron chi connectivity index (χ2n) is 3.73. The van der Waals surface area contributed by atoms with Crippen molar-refractivity contribution in [2.75, 3.05) is 0 Å². The molecule has 0 saturated carbocycles. The average Bonchev–Trinajstić information content (AvgIpc) is 2.33. The summed E-state index contributed by atoms with van der Waals surface area (Å²) in [5.74, 6) is -2.18. The molecular weight excluding hydrogens is 260 g/mol. The zero-order valence-electron chi connectivity index (χ0n) is 9.07. The van der Waals surface area contributed by atoms with Crippen molar-refractivity contribution in [3.05, 3.63) is 53.1 Å². The summed E-state index contributed by atoms with van der Waals surface area (Å²) in [6.07, 6.45) is 0. The predicted octanol–water partition coefficient (Wildman–Crippen LogP) is 1.96. The Bertz CT molecular complexity index is 573. The first kappa shape index (κ1) is 13.0. The molecule has 0 fully saturated rings. The summed E-state index contributed by atoms with van der Waals surface area (Å²) in [7, 11) is -1.88. The Morgan fingerprint density at radius 2 is 1.50 bits per heavy atom. The number of hydrogen-bond donors (Lipinski definition) is 2. The van der Waals surface area contributed by atoms with Crippen LogP contribution in [0.4, 0.5) is 8.78 Å². The molecule has 2 aromatic carbocycles. The molecule has 0 saturated heterocycles. The summed E-state index contributed by atoms with van der Waals surface area (Å²) >= 11 is 5.73. The third-order valence-electron chi connectivity index (χ3n) is 2.53. The number of benzene rings is 2. The van der Waals surface area contributed by atoms with Gasteiger partial charge >= 0.3 is 7.12 Å². The van der Waals surface area contributed by atoms with Crippen molar-refractivity contribution in [3.8, 4) is 11.1 Å². The van der Waals surface area contributed by atoms with E-state index in [2.05, 4.69) is 0 Å². The standard InChI is InChI=1S/C12H8BClF2O2/c14-8-3-1-7(2-4-8)9-5-11(15)12(16)6-10(9)13(17)18/h1-6,17-18H. The Labute approximate surface area is 108 Å². The molecule has 2 N–H and O–H groups in total. The maximum Gasteiger partial charge on any atom is 0.489 e. The Morgan fingerprint density at radius 3 is 2.06 bits per heavy atom. The van der Waals surface area contributed by atoms with Crippen molar-refractivity contribution in [3.63, 3.8) is 0 Å². The van der Waals surface area contributed by atoms with Gasteiger partial charge in [-0.3, -0.25) is 0 Å². The van der Waals surface area contributed by atoms with Crippen LogP contribution in [-0.4, -0.2) is 17.2 Å². The lowest BCUT2D eigenvalue weighted by Gasteiger charge is -2.10. The molecule has 0 heterocycles. The first-order valence-corrected chi connectivity index (χ1v) is 5.48. The van der Waals surface area contributed by atoms with E-state index >= 15 is 0 Å². The molecule has 6 heteroatoms. The monoisotopic (exact) mass is 268 g/mol. The van der Waals surface area contributed by atoms with Gasteiger partial charge in [-0.1, -0.05) is 23.7 Å². The molecule has 0 spiro atoms. The molecule has 0 aliphatic heterocycles. The van der Waals surface area contributed by atoms with E-state index in [1.165, 1.54) is 0 Å². The summed E-state index contributed by atoms with van der Waals surface area (Å²) in [6.45, 7) is 0. The van der Waals surface area contributed by atoms with Gasteiger partial charge in [-0.15, -0.1) is 0 Å². The molecule has 0 aromatic heterocycles. The highest BCUT2D eigenvalue weighted by atomic mass is 35.5. The second kappa shape index (κ2) is 5.06. The van der Waals surface area contributed by atoms with Gasteiger partial charge in [0.2, 0.25) is 0 Å². The summed E-state index contributed by atoms with van der Waals surface area (Å²) in [4.78, 5) is 0. The van der Waals surface area contributed by atoms with Crippen LogP contribution in [0.25, 0.3) is 11.1 Å². The number of hydrogen-bond acceptors (Lipinski definition) is 2. The van der Waals surface area contributed by atoms with Crippen molar-refractivity contribution in [2.24, 2.45) is 0 Å². The van der Waals surface area contributed by atoms with Crippen molar-refractivity contribution in [1.82, 2.24) is 0 Å². The molecule has 92 valence electrons. The van der Waals surface area contributed by atoms with Crippen LogP contribution in [0, 0.1) is 11.6 Å². The molecule has 0 aliphatic rings. The third kappa shape index (κ3) is 2.53. The van der Waals surface area contributed by atoms with Gasteiger partial charge in [0.1, 0.15) is 0 Å². The fourth-order valence-corrected chi connectivity index (χ4v) is 1.78. The van der Waals surface area contributed by atoms with Crippen LogP contribution in [0.15, 0.2) is 36.4 Å². The minimum absolute atomic E-state index is 0.101. The quantitative estimate of drug-likeness (QED) is 0.818. The van der Waals surface area contributed by atoms with E-state index in [0.717, 1.165) is 12.1 Å². The van der Waals surface area contributed by atoms with E-state index in [-0.39, 0.29) is 11.0 Å². The molecule has 0 atom stereocenters. The van der Waals surface area contributed by atoms with E-state index < -0.39 is 18.8 Å². The lowest BCUT2D eigenvalue weighted by molar-refractivity contribution is 0.425. The van der Waals surface area contributed by atoms with E-state index in [4.69, 9.17) is 11.6 Å². The van der Waals surface area contributed by atoms with Crippen molar-refractivity contribution in [1.29, 1.82) is 0 Å². The molecule has 2 aromatic rings. The van der Waals surface area contributed by atoms with Crippen LogP contribution in [0.1, 0.15) is 0 Å². The van der Waals surface area contributed by atoms with Gasteiger partial charge in [-0.25, -0.2) is 8.78 Å². The summed E-state index contributed by atoms with van der Waals surface area (Å²) < 4.78 is 26.3. The molecule has 0 radical (unpaired) electrons. The number of halogens is 3. The van der Waals surface area contributed by atoms with Gasteiger partial charge in [0, 0.05) is 5.02 Å². The Kier molecular flexibility index (Phi) is 3.66. The van der Waals surface area contributed by atoms with E-state index in [0.29, 0.717) is 10.6 Å². The fourth-order valence-electron chi connectivity index (χ4n) is 1.66. The molecule has 0 amide bonds. The lowest BCUT2D eigenvalue weighted by Crippen LogP contribution is -2.32. The topological polar surface area (TPSA) is 40.5 Å². The zero-order valence-corrected chi connectivity index (χ0v) is 9.83. The van der Waals surface area contributed by atoms with E-state index in [9.17, 15) is 18.8 Å². The molecule has 0 aliphatic carbocycles. The lowest BCUT2D eigenvalue weighted by atomic mass is 9.75. The zero-order chi connectivity index (χ0) is 13.3. The van der Waals surface area contributed by atoms with Crippen LogP contribution >= 0.6 is 11.6 Å². The molecular formula is C12H8BClF2O2. The maximum atomic E-state index is 13.2. The van der Waals surface area contributed by atoms with Crippen LogP contribution in [0.5, 0.6) is 0 Å². The van der Waals surface area contributed by atoms with Crippen LogP contribution in [0.2, 0.25) is 5.02 Å². The van der Waals surface area contributed by atoms with Crippen LogP contribution in [0.3, 0.4) is 0 Å².